The fraction of sp³-hybridized carbons (Fsp3) is 0.636. The minimum Gasteiger partial charge on any atom is -0.378 e. The smallest absolute Gasteiger partial charge is 0.0702 e. The van der Waals surface area contributed by atoms with E-state index in [9.17, 15) is 0 Å². The Morgan fingerprint density at radius 2 is 1.50 bits per heavy atom. The third-order valence-electron chi connectivity index (χ3n) is 2.50. The highest BCUT2D eigenvalue weighted by Crippen LogP contribution is 2.25. The topological polar surface area (TPSA) is 9.72 Å². The van der Waals surface area contributed by atoms with Gasteiger partial charge in [0.25, 0.3) is 0 Å². The van der Waals surface area contributed by atoms with E-state index >= 15 is 0 Å². The van der Waals surface area contributed by atoms with Crippen molar-refractivity contribution in [1.29, 1.82) is 0 Å². The van der Waals surface area contributed by atoms with Crippen LogP contribution in [0.3, 0.4) is 0 Å². The lowest BCUT2D eigenvalue weighted by atomic mass is 10.2. The van der Waals surface area contributed by atoms with Crippen LogP contribution in [0.2, 0.25) is 0 Å². The molecule has 0 saturated carbocycles. The van der Waals surface area contributed by atoms with Gasteiger partial charge < -0.3 is 9.80 Å². The van der Waals surface area contributed by atoms with Gasteiger partial charge in [-0.15, -0.1) is 0 Å². The number of hydrogen-bond acceptors (Lipinski definition) is 3. The standard InChI is InChI=1S/C11H21N3/c1-12(2)9-7-8-10(13(3)4)11(9)14(5)6/h7-9H,1-6H3. The fourth-order valence-corrected chi connectivity index (χ4v) is 1.80. The van der Waals surface area contributed by atoms with Gasteiger partial charge in [-0.3, -0.25) is 4.90 Å². The molecule has 0 aromatic heterocycles. The first-order chi connectivity index (χ1) is 6.45. The molecule has 0 fully saturated rings. The summed E-state index contributed by atoms with van der Waals surface area (Å²) >= 11 is 0. The molecule has 0 spiro atoms. The van der Waals surface area contributed by atoms with Crippen LogP contribution in [0.1, 0.15) is 0 Å². The van der Waals surface area contributed by atoms with Crippen LogP contribution in [-0.2, 0) is 0 Å². The summed E-state index contributed by atoms with van der Waals surface area (Å²) in [6.07, 6.45) is 4.44. The van der Waals surface area contributed by atoms with E-state index in [0.717, 1.165) is 0 Å². The highest BCUT2D eigenvalue weighted by Gasteiger charge is 2.24. The third-order valence-corrected chi connectivity index (χ3v) is 2.50. The third kappa shape index (κ3) is 1.93. The molecule has 1 aliphatic carbocycles. The summed E-state index contributed by atoms with van der Waals surface area (Å²) in [5, 5.41) is 0. The van der Waals surface area contributed by atoms with Gasteiger partial charge in [0.2, 0.25) is 0 Å². The van der Waals surface area contributed by atoms with Crippen molar-refractivity contribution in [3.05, 3.63) is 23.5 Å². The average Bonchev–Trinajstić information content (AvgIpc) is 2.46. The highest BCUT2D eigenvalue weighted by molar-refractivity contribution is 5.37. The molecule has 0 saturated heterocycles. The molecule has 0 N–H and O–H groups in total. The maximum absolute atomic E-state index is 2.24. The van der Waals surface area contributed by atoms with Gasteiger partial charge in [0.15, 0.2) is 0 Å². The monoisotopic (exact) mass is 195 g/mol. The van der Waals surface area contributed by atoms with Crippen LogP contribution >= 0.6 is 0 Å². The van der Waals surface area contributed by atoms with Crippen molar-refractivity contribution in [1.82, 2.24) is 14.7 Å². The second-order valence-corrected chi connectivity index (χ2v) is 4.33. The fourth-order valence-electron chi connectivity index (χ4n) is 1.80. The predicted molar refractivity (Wildman–Crippen MR) is 61.0 cm³/mol. The summed E-state index contributed by atoms with van der Waals surface area (Å²) in [5.74, 6) is 0. The maximum Gasteiger partial charge on any atom is 0.0702 e. The highest BCUT2D eigenvalue weighted by atomic mass is 15.2. The molecule has 14 heavy (non-hydrogen) atoms. The van der Waals surface area contributed by atoms with Crippen molar-refractivity contribution in [3.8, 4) is 0 Å². The molecule has 80 valence electrons. The van der Waals surface area contributed by atoms with Crippen molar-refractivity contribution in [3.63, 3.8) is 0 Å². The molecule has 0 aliphatic heterocycles. The van der Waals surface area contributed by atoms with E-state index < -0.39 is 0 Å². The average molecular weight is 195 g/mol. The summed E-state index contributed by atoms with van der Waals surface area (Å²) in [4.78, 5) is 6.58. The molecule has 0 bridgehead atoms. The molecule has 0 aromatic carbocycles. The molecule has 0 aromatic rings. The minimum absolute atomic E-state index is 0.405. The summed E-state index contributed by atoms with van der Waals surface area (Å²) in [6.45, 7) is 0. The lowest BCUT2D eigenvalue weighted by Crippen LogP contribution is -2.34. The van der Waals surface area contributed by atoms with Gasteiger partial charge in [0.1, 0.15) is 0 Å². The first kappa shape index (κ1) is 11.1. The van der Waals surface area contributed by atoms with Crippen molar-refractivity contribution >= 4 is 0 Å². The molecule has 1 rings (SSSR count). The summed E-state index contributed by atoms with van der Waals surface area (Å²) < 4.78 is 0. The molecule has 0 radical (unpaired) electrons. The first-order valence-corrected chi connectivity index (χ1v) is 4.88. The van der Waals surface area contributed by atoms with E-state index in [1.165, 1.54) is 11.4 Å². The number of hydrogen-bond donors (Lipinski definition) is 0. The lowest BCUT2D eigenvalue weighted by molar-refractivity contribution is 0.318. The number of likely N-dealkylation sites (N-methyl/N-ethyl adjacent to an activating group) is 3. The Hall–Kier alpha value is -0.960. The van der Waals surface area contributed by atoms with Gasteiger partial charge in [0.05, 0.1) is 17.4 Å². The second kappa shape index (κ2) is 4.05. The Morgan fingerprint density at radius 1 is 0.929 bits per heavy atom. The number of rotatable bonds is 3. The molecule has 1 unspecified atom stereocenters. The van der Waals surface area contributed by atoms with E-state index in [4.69, 9.17) is 0 Å². The largest absolute Gasteiger partial charge is 0.378 e. The van der Waals surface area contributed by atoms with E-state index in [1.54, 1.807) is 0 Å². The minimum atomic E-state index is 0.405. The van der Waals surface area contributed by atoms with Crippen molar-refractivity contribution < 1.29 is 0 Å². The molecule has 1 atom stereocenters. The van der Waals surface area contributed by atoms with Gasteiger partial charge in [0, 0.05) is 28.2 Å². The number of nitrogens with zero attached hydrogens (tertiary/aromatic N) is 3. The second-order valence-electron chi connectivity index (χ2n) is 4.33. The van der Waals surface area contributed by atoms with Crippen LogP contribution in [0.5, 0.6) is 0 Å². The molecule has 0 heterocycles. The van der Waals surface area contributed by atoms with Gasteiger partial charge in [-0.25, -0.2) is 0 Å². The Balaban J connectivity index is 3.02. The van der Waals surface area contributed by atoms with E-state index in [2.05, 4.69) is 69.1 Å². The Labute approximate surface area is 87.3 Å². The predicted octanol–water partition coefficient (Wildman–Crippen LogP) is 0.821. The SMILES string of the molecule is CN(C)C1=C(N(C)C)C(N(C)C)C=C1. The summed E-state index contributed by atoms with van der Waals surface area (Å²) in [5.41, 5.74) is 2.66. The van der Waals surface area contributed by atoms with E-state index in [0.29, 0.717) is 6.04 Å². The van der Waals surface area contributed by atoms with Gasteiger partial charge >= 0.3 is 0 Å². The van der Waals surface area contributed by atoms with Crippen LogP contribution in [0.4, 0.5) is 0 Å². The number of allylic oxidation sites excluding steroid dienone is 1. The molecule has 1 aliphatic rings. The Bertz CT molecular complexity index is 262. The van der Waals surface area contributed by atoms with Crippen LogP contribution in [0, 0.1) is 0 Å². The van der Waals surface area contributed by atoms with Crippen LogP contribution in [0.15, 0.2) is 23.5 Å². The van der Waals surface area contributed by atoms with E-state index in [1.807, 2.05) is 0 Å². The maximum atomic E-state index is 2.24. The van der Waals surface area contributed by atoms with Crippen LogP contribution < -0.4 is 0 Å². The molecule has 0 amide bonds. The summed E-state index contributed by atoms with van der Waals surface area (Å²) in [7, 11) is 12.6. The zero-order valence-electron chi connectivity index (χ0n) is 10.1. The van der Waals surface area contributed by atoms with Crippen LogP contribution in [-0.4, -0.2) is 63.0 Å². The lowest BCUT2D eigenvalue weighted by Gasteiger charge is -2.29. The van der Waals surface area contributed by atoms with E-state index in [-0.39, 0.29) is 0 Å². The normalized spacial score (nSPS) is 20.9. The van der Waals surface area contributed by atoms with Crippen molar-refractivity contribution in [2.24, 2.45) is 0 Å². The quantitative estimate of drug-likeness (QED) is 0.660. The molecule has 3 heteroatoms. The zero-order valence-corrected chi connectivity index (χ0v) is 10.1. The molecular formula is C11H21N3. The Kier molecular flexibility index (Phi) is 3.21. The van der Waals surface area contributed by atoms with Crippen molar-refractivity contribution in [2.45, 2.75) is 6.04 Å². The van der Waals surface area contributed by atoms with Crippen molar-refractivity contribution in [2.75, 3.05) is 42.3 Å². The van der Waals surface area contributed by atoms with Gasteiger partial charge in [-0.1, -0.05) is 6.08 Å². The first-order valence-electron chi connectivity index (χ1n) is 4.88. The van der Waals surface area contributed by atoms with Crippen LogP contribution in [0.25, 0.3) is 0 Å². The Morgan fingerprint density at radius 3 is 1.86 bits per heavy atom. The zero-order chi connectivity index (χ0) is 10.9. The van der Waals surface area contributed by atoms with Gasteiger partial charge in [-0.2, -0.15) is 0 Å². The van der Waals surface area contributed by atoms with Gasteiger partial charge in [-0.05, 0) is 20.2 Å². The molecular weight excluding hydrogens is 174 g/mol. The molecule has 3 nitrogen and oxygen atoms in total. The summed E-state index contributed by atoms with van der Waals surface area (Å²) in [6, 6.07) is 0.405.